The summed E-state index contributed by atoms with van der Waals surface area (Å²) in [6.45, 7) is 0.334. The van der Waals surface area contributed by atoms with Crippen LogP contribution in [0.5, 0.6) is 0 Å². The van der Waals surface area contributed by atoms with Crippen molar-refractivity contribution in [1.29, 1.82) is 0 Å². The predicted octanol–water partition coefficient (Wildman–Crippen LogP) is 4.29. The van der Waals surface area contributed by atoms with E-state index in [4.69, 9.17) is 27.6 Å². The molecule has 0 atom stereocenters. The number of carbonyl (C=O) groups is 1. The number of rotatable bonds is 3. The molecule has 102 valence electrons. The predicted molar refractivity (Wildman–Crippen MR) is 76.7 cm³/mol. The van der Waals surface area contributed by atoms with Gasteiger partial charge in [0.15, 0.2) is 5.58 Å². The van der Waals surface area contributed by atoms with Gasteiger partial charge in [0, 0.05) is 28.7 Å². The number of furan rings is 1. The van der Waals surface area contributed by atoms with E-state index in [9.17, 15) is 9.90 Å². The van der Waals surface area contributed by atoms with Crippen LogP contribution in [0.1, 0.15) is 16.1 Å². The molecule has 1 N–H and O–H groups in total. The van der Waals surface area contributed by atoms with Crippen LogP contribution < -0.4 is 0 Å². The van der Waals surface area contributed by atoms with E-state index in [1.807, 2.05) is 0 Å². The van der Waals surface area contributed by atoms with Crippen LogP contribution in [0.15, 0.2) is 41.0 Å². The van der Waals surface area contributed by atoms with Gasteiger partial charge in [-0.15, -0.1) is 0 Å². The lowest BCUT2D eigenvalue weighted by molar-refractivity contribution is 0.0686. The van der Waals surface area contributed by atoms with E-state index in [2.05, 4.69) is 0 Å². The van der Waals surface area contributed by atoms with Crippen molar-refractivity contribution in [3.8, 4) is 0 Å². The van der Waals surface area contributed by atoms with Crippen molar-refractivity contribution >= 4 is 40.3 Å². The summed E-state index contributed by atoms with van der Waals surface area (Å²) in [5, 5.41) is 10.3. The van der Waals surface area contributed by atoms with E-state index in [1.165, 1.54) is 12.3 Å². The van der Waals surface area contributed by atoms with Crippen molar-refractivity contribution in [2.24, 2.45) is 0 Å². The monoisotopic (exact) mass is 309 g/mol. The van der Waals surface area contributed by atoms with Crippen LogP contribution in [0.25, 0.3) is 11.1 Å². The number of carboxylic acid groups (broad SMARTS) is 1. The van der Waals surface area contributed by atoms with Gasteiger partial charge < -0.3 is 14.1 Å². The molecule has 0 saturated carbocycles. The highest BCUT2D eigenvalue weighted by Crippen LogP contribution is 2.26. The second-order valence-corrected chi connectivity index (χ2v) is 5.17. The summed E-state index contributed by atoms with van der Waals surface area (Å²) in [5.74, 6) is -1.01. The maximum Gasteiger partial charge on any atom is 0.352 e. The number of benzene rings is 1. The molecule has 6 heteroatoms. The maximum atomic E-state index is 11.3. The van der Waals surface area contributed by atoms with Gasteiger partial charge in [0.25, 0.3) is 0 Å². The Morgan fingerprint density at radius 3 is 2.75 bits per heavy atom. The van der Waals surface area contributed by atoms with Gasteiger partial charge in [-0.2, -0.15) is 0 Å². The zero-order valence-electron chi connectivity index (χ0n) is 10.1. The van der Waals surface area contributed by atoms with Gasteiger partial charge in [-0.1, -0.05) is 29.3 Å². The molecule has 0 unspecified atom stereocenters. The van der Waals surface area contributed by atoms with E-state index >= 15 is 0 Å². The molecule has 0 aliphatic rings. The van der Waals surface area contributed by atoms with Crippen molar-refractivity contribution in [1.82, 2.24) is 4.57 Å². The van der Waals surface area contributed by atoms with Crippen molar-refractivity contribution in [2.75, 3.05) is 0 Å². The number of fused-ring (bicyclic) bond motifs is 1. The minimum Gasteiger partial charge on any atom is -0.477 e. The normalized spacial score (nSPS) is 11.1. The Kier molecular flexibility index (Phi) is 3.20. The molecule has 0 amide bonds. The lowest BCUT2D eigenvalue weighted by Gasteiger charge is -2.09. The smallest absolute Gasteiger partial charge is 0.352 e. The second-order valence-electron chi connectivity index (χ2n) is 4.33. The minimum atomic E-state index is -1.01. The molecule has 2 aromatic heterocycles. The van der Waals surface area contributed by atoms with Gasteiger partial charge in [-0.05, 0) is 17.7 Å². The van der Waals surface area contributed by atoms with E-state index in [0.717, 1.165) is 5.56 Å². The Balaban J connectivity index is 2.11. The van der Waals surface area contributed by atoms with Crippen LogP contribution in [-0.2, 0) is 6.54 Å². The molecule has 0 fully saturated rings. The summed E-state index contributed by atoms with van der Waals surface area (Å²) in [7, 11) is 0. The minimum absolute atomic E-state index is 0.158. The zero-order valence-corrected chi connectivity index (χ0v) is 11.6. The Labute approximate surface area is 124 Å². The first-order valence-corrected chi connectivity index (χ1v) is 6.56. The third-order valence-electron chi connectivity index (χ3n) is 3.09. The first kappa shape index (κ1) is 13.1. The average molecular weight is 310 g/mol. The highest BCUT2D eigenvalue weighted by Gasteiger charge is 2.17. The van der Waals surface area contributed by atoms with Crippen LogP contribution in [0.3, 0.4) is 0 Å². The molecule has 4 nitrogen and oxygen atoms in total. The molecule has 0 radical (unpaired) electrons. The van der Waals surface area contributed by atoms with Gasteiger partial charge in [0.1, 0.15) is 5.69 Å². The van der Waals surface area contributed by atoms with Crippen molar-refractivity contribution in [3.05, 3.63) is 57.9 Å². The molecule has 1 aromatic carbocycles. The first-order valence-electron chi connectivity index (χ1n) is 5.80. The molecule has 0 aliphatic heterocycles. The fourth-order valence-electron chi connectivity index (χ4n) is 2.14. The molecular formula is C14H9Cl2NO3. The highest BCUT2D eigenvalue weighted by atomic mass is 35.5. The number of nitrogens with zero attached hydrogens (tertiary/aromatic N) is 1. The standard InChI is InChI=1S/C14H9Cl2NO3/c15-9-2-1-8(10(16)5-9)7-17-11-3-4-20-13(11)6-12(17)14(18)19/h1-6H,7H2,(H,18,19). The summed E-state index contributed by atoms with van der Waals surface area (Å²) < 4.78 is 6.89. The van der Waals surface area contributed by atoms with Crippen LogP contribution in [-0.4, -0.2) is 15.6 Å². The van der Waals surface area contributed by atoms with Crippen molar-refractivity contribution in [2.45, 2.75) is 6.54 Å². The molecule has 0 saturated heterocycles. The second kappa shape index (κ2) is 4.89. The molecule has 3 aromatic rings. The summed E-state index contributed by atoms with van der Waals surface area (Å²) >= 11 is 12.0. The molecule has 0 spiro atoms. The number of aromatic nitrogens is 1. The Hall–Kier alpha value is -1.91. The van der Waals surface area contributed by atoms with Gasteiger partial charge in [-0.3, -0.25) is 0 Å². The first-order chi connectivity index (χ1) is 9.56. The molecule has 0 aliphatic carbocycles. The number of halogens is 2. The van der Waals surface area contributed by atoms with Crippen LogP contribution in [0.4, 0.5) is 0 Å². The fourth-order valence-corrected chi connectivity index (χ4v) is 2.61. The molecule has 3 rings (SSSR count). The third kappa shape index (κ3) is 2.17. The molecular weight excluding hydrogens is 301 g/mol. The number of hydrogen-bond acceptors (Lipinski definition) is 2. The Morgan fingerprint density at radius 2 is 2.05 bits per heavy atom. The number of carboxylic acids is 1. The summed E-state index contributed by atoms with van der Waals surface area (Å²) in [5.41, 5.74) is 2.20. The van der Waals surface area contributed by atoms with Crippen LogP contribution in [0, 0.1) is 0 Å². The quantitative estimate of drug-likeness (QED) is 0.785. The van der Waals surface area contributed by atoms with Gasteiger partial charge in [-0.25, -0.2) is 4.79 Å². The topological polar surface area (TPSA) is 55.4 Å². The highest BCUT2D eigenvalue weighted by molar-refractivity contribution is 6.35. The molecule has 0 bridgehead atoms. The Morgan fingerprint density at radius 1 is 1.25 bits per heavy atom. The maximum absolute atomic E-state index is 11.3. The summed E-state index contributed by atoms with van der Waals surface area (Å²) in [6, 6.07) is 8.36. The van der Waals surface area contributed by atoms with Crippen molar-refractivity contribution < 1.29 is 14.3 Å². The SMILES string of the molecule is O=C(O)c1cc2occc2n1Cc1ccc(Cl)cc1Cl. The fraction of sp³-hybridized carbons (Fsp3) is 0.0714. The van der Waals surface area contributed by atoms with E-state index in [-0.39, 0.29) is 5.69 Å². The van der Waals surface area contributed by atoms with E-state index in [1.54, 1.807) is 28.8 Å². The number of aromatic carboxylic acids is 1. The van der Waals surface area contributed by atoms with Crippen molar-refractivity contribution in [3.63, 3.8) is 0 Å². The summed E-state index contributed by atoms with van der Waals surface area (Å²) in [6.07, 6.45) is 1.52. The molecule has 2 heterocycles. The molecule has 20 heavy (non-hydrogen) atoms. The largest absolute Gasteiger partial charge is 0.477 e. The average Bonchev–Trinajstić information content (AvgIpc) is 2.94. The lowest BCUT2D eigenvalue weighted by Crippen LogP contribution is -2.09. The Bertz CT molecular complexity index is 804. The van der Waals surface area contributed by atoms with E-state index in [0.29, 0.717) is 27.7 Å². The number of hydrogen-bond donors (Lipinski definition) is 1. The lowest BCUT2D eigenvalue weighted by atomic mass is 10.2. The third-order valence-corrected chi connectivity index (χ3v) is 3.67. The summed E-state index contributed by atoms with van der Waals surface area (Å²) in [4.78, 5) is 11.3. The zero-order chi connectivity index (χ0) is 14.3. The van der Waals surface area contributed by atoms with Gasteiger partial charge in [0.2, 0.25) is 0 Å². The van der Waals surface area contributed by atoms with Crippen LogP contribution >= 0.6 is 23.2 Å². The van der Waals surface area contributed by atoms with Gasteiger partial charge in [0.05, 0.1) is 11.8 Å². The van der Waals surface area contributed by atoms with E-state index < -0.39 is 5.97 Å². The van der Waals surface area contributed by atoms with Crippen LogP contribution in [0.2, 0.25) is 10.0 Å². The van der Waals surface area contributed by atoms with Gasteiger partial charge >= 0.3 is 5.97 Å².